The Morgan fingerprint density at radius 2 is 1.80 bits per heavy atom. The predicted molar refractivity (Wildman–Crippen MR) is 72.4 cm³/mol. The molecule has 1 heterocycles. The normalized spacial score (nSPS) is 11.2. The Morgan fingerprint density at radius 1 is 1.15 bits per heavy atom. The molecule has 2 rings (SSSR count). The molecule has 0 saturated carbocycles. The average molecular weight is 278 g/mol. The summed E-state index contributed by atoms with van der Waals surface area (Å²) in [5.41, 5.74) is 5.67. The van der Waals surface area contributed by atoms with Gasteiger partial charge in [0, 0.05) is 11.6 Å². The monoisotopic (exact) mass is 278 g/mol. The molecule has 0 spiro atoms. The van der Waals surface area contributed by atoms with Crippen LogP contribution in [0.3, 0.4) is 0 Å². The maximum atomic E-state index is 10.8. The highest BCUT2D eigenvalue weighted by Crippen LogP contribution is 2.06. The minimum absolute atomic E-state index is 0.0521. The van der Waals surface area contributed by atoms with E-state index in [2.05, 4.69) is 4.98 Å². The highest BCUT2D eigenvalue weighted by Gasteiger charge is 2.14. The number of aliphatic carboxylic acids is 2. The second kappa shape index (κ2) is 7.05. The fraction of sp³-hybridized carbons (Fsp3) is 0.154. The number of nitrogens with one attached hydrogen (secondary N) is 1. The molecule has 0 aliphatic rings. The summed E-state index contributed by atoms with van der Waals surface area (Å²) in [4.78, 5) is 33.2. The molecular weight excluding hydrogens is 264 g/mol. The fourth-order valence-electron chi connectivity index (χ4n) is 1.37. The van der Waals surface area contributed by atoms with Crippen LogP contribution in [-0.4, -0.2) is 33.2 Å². The van der Waals surface area contributed by atoms with E-state index in [1.54, 1.807) is 0 Å². The first-order valence-electron chi connectivity index (χ1n) is 5.68. The Kier molecular flexibility index (Phi) is 5.42. The number of H-pyrrole nitrogens is 1. The van der Waals surface area contributed by atoms with Crippen molar-refractivity contribution < 1.29 is 19.8 Å². The Balaban J connectivity index is 0.000000206. The van der Waals surface area contributed by atoms with Crippen LogP contribution in [0.15, 0.2) is 41.2 Å². The Labute approximate surface area is 113 Å². The van der Waals surface area contributed by atoms with E-state index in [1.807, 2.05) is 30.3 Å². The van der Waals surface area contributed by atoms with Crippen molar-refractivity contribution >= 4 is 22.8 Å². The minimum Gasteiger partial charge on any atom is -0.481 e. The lowest BCUT2D eigenvalue weighted by molar-refractivity contribution is -0.144. The molecule has 0 radical (unpaired) electrons. The molecule has 0 amide bonds. The van der Waals surface area contributed by atoms with Crippen LogP contribution < -0.4 is 11.3 Å². The predicted octanol–water partition coefficient (Wildman–Crippen LogP) is 0.401. The van der Waals surface area contributed by atoms with Gasteiger partial charge in [0.2, 0.25) is 5.56 Å². The first kappa shape index (κ1) is 15.4. The van der Waals surface area contributed by atoms with Crippen LogP contribution in [0.4, 0.5) is 0 Å². The highest BCUT2D eigenvalue weighted by molar-refractivity contribution is 5.80. The summed E-state index contributed by atoms with van der Waals surface area (Å²) >= 11 is 0. The molecule has 0 aliphatic heterocycles. The summed E-state index contributed by atoms with van der Waals surface area (Å²) in [6.07, 6.45) is -0.532. The summed E-state index contributed by atoms with van der Waals surface area (Å²) in [5.74, 6) is -2.50. The fourth-order valence-corrected chi connectivity index (χ4v) is 1.37. The number of pyridine rings is 1. The van der Waals surface area contributed by atoms with Gasteiger partial charge in [-0.15, -0.1) is 0 Å². The molecule has 0 unspecified atom stereocenters. The first-order chi connectivity index (χ1) is 9.40. The number of nitrogens with two attached hydrogens (primary N) is 1. The summed E-state index contributed by atoms with van der Waals surface area (Å²) in [5, 5.41) is 17.1. The van der Waals surface area contributed by atoms with Crippen LogP contribution in [0.2, 0.25) is 0 Å². The number of hydrogen-bond acceptors (Lipinski definition) is 4. The molecule has 0 saturated heterocycles. The van der Waals surface area contributed by atoms with Gasteiger partial charge in [-0.3, -0.25) is 14.4 Å². The number of carboxylic acids is 2. The second-order valence-corrected chi connectivity index (χ2v) is 3.95. The number of carbonyl (C=O) groups is 2. The molecule has 20 heavy (non-hydrogen) atoms. The van der Waals surface area contributed by atoms with E-state index in [9.17, 15) is 14.4 Å². The zero-order valence-electron chi connectivity index (χ0n) is 10.4. The third-order valence-corrected chi connectivity index (χ3v) is 2.34. The van der Waals surface area contributed by atoms with Crippen LogP contribution in [-0.2, 0) is 9.59 Å². The third-order valence-electron chi connectivity index (χ3n) is 2.34. The van der Waals surface area contributed by atoms with E-state index in [4.69, 9.17) is 15.9 Å². The SMILES string of the molecule is N[C@@H](CC(=O)O)C(=O)O.O=c1ccc2ccccc2[nH]1. The standard InChI is InChI=1S/C9H7NO.C4H7NO4/c11-9-6-5-7-3-1-2-4-8(7)10-9;5-2(4(8)9)1-3(6)7/h1-6H,(H,10,11);2H,1,5H2,(H,6,7)(H,8,9)/t;2-/m.0/s1. The number of benzene rings is 1. The maximum absolute atomic E-state index is 10.8. The van der Waals surface area contributed by atoms with Gasteiger partial charge in [-0.25, -0.2) is 0 Å². The van der Waals surface area contributed by atoms with Gasteiger partial charge in [0.05, 0.1) is 6.42 Å². The van der Waals surface area contributed by atoms with Crippen LogP contribution >= 0.6 is 0 Å². The van der Waals surface area contributed by atoms with Crippen LogP contribution in [0, 0.1) is 0 Å². The lowest BCUT2D eigenvalue weighted by atomic mass is 10.2. The second-order valence-electron chi connectivity index (χ2n) is 3.95. The van der Waals surface area contributed by atoms with Crippen molar-refractivity contribution in [2.75, 3.05) is 0 Å². The Hall–Kier alpha value is -2.67. The molecule has 106 valence electrons. The van der Waals surface area contributed by atoms with E-state index < -0.39 is 24.4 Å². The quantitative estimate of drug-likeness (QED) is 0.642. The van der Waals surface area contributed by atoms with Crippen molar-refractivity contribution in [1.29, 1.82) is 0 Å². The molecule has 7 heteroatoms. The number of aromatic nitrogens is 1. The maximum Gasteiger partial charge on any atom is 0.321 e. The largest absolute Gasteiger partial charge is 0.481 e. The smallest absolute Gasteiger partial charge is 0.321 e. The van der Waals surface area contributed by atoms with Crippen molar-refractivity contribution in [1.82, 2.24) is 4.98 Å². The molecule has 0 fully saturated rings. The zero-order chi connectivity index (χ0) is 15.1. The van der Waals surface area contributed by atoms with Gasteiger partial charge in [-0.2, -0.15) is 0 Å². The van der Waals surface area contributed by atoms with Crippen molar-refractivity contribution in [3.05, 3.63) is 46.8 Å². The summed E-state index contributed by atoms with van der Waals surface area (Å²) in [6.45, 7) is 0. The van der Waals surface area contributed by atoms with E-state index in [0.29, 0.717) is 0 Å². The van der Waals surface area contributed by atoms with Gasteiger partial charge in [0.1, 0.15) is 6.04 Å². The van der Waals surface area contributed by atoms with E-state index >= 15 is 0 Å². The van der Waals surface area contributed by atoms with Gasteiger partial charge in [-0.05, 0) is 17.5 Å². The average Bonchev–Trinajstić information content (AvgIpc) is 2.38. The number of aromatic amines is 1. The molecule has 0 aliphatic carbocycles. The Bertz CT molecular complexity index is 665. The minimum atomic E-state index is -1.29. The number of rotatable bonds is 3. The first-order valence-corrected chi connectivity index (χ1v) is 5.68. The number of fused-ring (bicyclic) bond motifs is 1. The van der Waals surface area contributed by atoms with Gasteiger partial charge >= 0.3 is 11.9 Å². The van der Waals surface area contributed by atoms with Crippen molar-refractivity contribution in [3.63, 3.8) is 0 Å². The third kappa shape index (κ3) is 4.91. The molecule has 1 aromatic heterocycles. The summed E-state index contributed by atoms with van der Waals surface area (Å²) < 4.78 is 0. The lowest BCUT2D eigenvalue weighted by Crippen LogP contribution is -2.32. The van der Waals surface area contributed by atoms with Gasteiger partial charge < -0.3 is 20.9 Å². The number of hydrogen-bond donors (Lipinski definition) is 4. The zero-order valence-corrected chi connectivity index (χ0v) is 10.4. The van der Waals surface area contributed by atoms with Crippen molar-refractivity contribution in [2.45, 2.75) is 12.5 Å². The van der Waals surface area contributed by atoms with Crippen molar-refractivity contribution in [2.24, 2.45) is 5.73 Å². The van der Waals surface area contributed by atoms with Gasteiger partial charge in [0.15, 0.2) is 0 Å². The van der Waals surface area contributed by atoms with Crippen molar-refractivity contribution in [3.8, 4) is 0 Å². The van der Waals surface area contributed by atoms with Crippen LogP contribution in [0.1, 0.15) is 6.42 Å². The van der Waals surface area contributed by atoms with E-state index in [0.717, 1.165) is 10.9 Å². The lowest BCUT2D eigenvalue weighted by Gasteiger charge is -1.99. The molecular formula is C13H14N2O5. The molecule has 1 aromatic carbocycles. The summed E-state index contributed by atoms with van der Waals surface area (Å²) in [7, 11) is 0. The van der Waals surface area contributed by atoms with Gasteiger partial charge in [-0.1, -0.05) is 18.2 Å². The van der Waals surface area contributed by atoms with E-state index in [1.165, 1.54) is 6.07 Å². The van der Waals surface area contributed by atoms with Crippen LogP contribution in [0.5, 0.6) is 0 Å². The van der Waals surface area contributed by atoms with E-state index in [-0.39, 0.29) is 5.56 Å². The molecule has 0 bridgehead atoms. The summed E-state index contributed by atoms with van der Waals surface area (Å²) in [6, 6.07) is 9.75. The molecule has 5 N–H and O–H groups in total. The Morgan fingerprint density at radius 3 is 2.35 bits per heavy atom. The number of para-hydroxylation sites is 1. The molecule has 1 atom stereocenters. The molecule has 2 aromatic rings. The highest BCUT2D eigenvalue weighted by atomic mass is 16.4. The topological polar surface area (TPSA) is 133 Å². The number of carboxylic acid groups (broad SMARTS) is 2. The van der Waals surface area contributed by atoms with Crippen LogP contribution in [0.25, 0.3) is 10.9 Å². The molecule has 7 nitrogen and oxygen atoms in total. The van der Waals surface area contributed by atoms with Gasteiger partial charge in [0.25, 0.3) is 0 Å².